The molecule has 0 unspecified atom stereocenters. The summed E-state index contributed by atoms with van der Waals surface area (Å²) in [7, 11) is 0. The molecule has 100 valence electrons. The zero-order chi connectivity index (χ0) is 12.6. The summed E-state index contributed by atoms with van der Waals surface area (Å²) in [5.74, 6) is 0.985. The van der Waals surface area contributed by atoms with Crippen LogP contribution in [0.3, 0.4) is 0 Å². The van der Waals surface area contributed by atoms with Crippen molar-refractivity contribution in [3.63, 3.8) is 0 Å². The van der Waals surface area contributed by atoms with Crippen LogP contribution >= 0.6 is 0 Å². The molecule has 0 atom stereocenters. The average molecular weight is 249 g/mol. The number of rotatable bonds is 2. The van der Waals surface area contributed by atoms with Crippen molar-refractivity contribution in [1.82, 2.24) is 15.4 Å². The maximum absolute atomic E-state index is 5.26. The lowest BCUT2D eigenvalue weighted by molar-refractivity contribution is 0.193. The zero-order valence-electron chi connectivity index (χ0n) is 11.5. The van der Waals surface area contributed by atoms with Crippen LogP contribution in [-0.2, 0) is 6.54 Å². The quantitative estimate of drug-likeness (QED) is 0.868. The number of hydrogen-bond acceptors (Lipinski definition) is 4. The second-order valence-corrected chi connectivity index (χ2v) is 6.01. The van der Waals surface area contributed by atoms with E-state index < -0.39 is 0 Å². The summed E-state index contributed by atoms with van der Waals surface area (Å²) < 4.78 is 5.26. The third-order valence-electron chi connectivity index (χ3n) is 4.74. The summed E-state index contributed by atoms with van der Waals surface area (Å²) >= 11 is 0. The molecular weight excluding hydrogens is 226 g/mol. The van der Waals surface area contributed by atoms with Crippen molar-refractivity contribution >= 4 is 0 Å². The van der Waals surface area contributed by atoms with Crippen molar-refractivity contribution in [2.24, 2.45) is 5.41 Å². The molecule has 2 fully saturated rings. The van der Waals surface area contributed by atoms with E-state index in [1.54, 1.807) is 0 Å². The highest BCUT2D eigenvalue weighted by Crippen LogP contribution is 2.39. The maximum Gasteiger partial charge on any atom is 0.138 e. The molecule has 2 aliphatic rings. The van der Waals surface area contributed by atoms with Gasteiger partial charge < -0.3 is 9.84 Å². The predicted octanol–water partition coefficient (Wildman–Crippen LogP) is 1.87. The number of hydrogen-bond donors (Lipinski definition) is 1. The molecule has 4 heteroatoms. The van der Waals surface area contributed by atoms with Crippen molar-refractivity contribution in [2.75, 3.05) is 26.2 Å². The first-order valence-corrected chi connectivity index (χ1v) is 7.03. The van der Waals surface area contributed by atoms with Gasteiger partial charge in [0.1, 0.15) is 5.76 Å². The minimum atomic E-state index is 0.588. The summed E-state index contributed by atoms with van der Waals surface area (Å²) in [6.45, 7) is 9.94. The van der Waals surface area contributed by atoms with Gasteiger partial charge in [-0.1, -0.05) is 5.16 Å². The highest BCUT2D eigenvalue weighted by atomic mass is 16.5. The largest absolute Gasteiger partial charge is 0.361 e. The Balaban J connectivity index is 1.66. The van der Waals surface area contributed by atoms with E-state index in [2.05, 4.69) is 15.4 Å². The van der Waals surface area contributed by atoms with Gasteiger partial charge in [-0.15, -0.1) is 0 Å². The molecule has 4 nitrogen and oxygen atoms in total. The number of piperidine rings is 1. The number of nitrogens with zero attached hydrogens (tertiary/aromatic N) is 2. The molecule has 1 N–H and O–H groups in total. The monoisotopic (exact) mass is 249 g/mol. The molecule has 1 aromatic rings. The fourth-order valence-corrected chi connectivity index (χ4v) is 3.48. The van der Waals surface area contributed by atoms with Crippen molar-refractivity contribution in [2.45, 2.75) is 39.7 Å². The van der Waals surface area contributed by atoms with Gasteiger partial charge in [-0.05, 0) is 58.2 Å². The molecule has 3 rings (SSSR count). The van der Waals surface area contributed by atoms with Crippen molar-refractivity contribution in [3.05, 3.63) is 17.0 Å². The van der Waals surface area contributed by atoms with Crippen LogP contribution in [0.1, 0.15) is 36.3 Å². The molecule has 2 aliphatic heterocycles. The first-order valence-electron chi connectivity index (χ1n) is 7.03. The Hall–Kier alpha value is -0.870. The van der Waals surface area contributed by atoms with E-state index in [0.717, 1.165) is 18.0 Å². The van der Waals surface area contributed by atoms with Crippen molar-refractivity contribution in [1.29, 1.82) is 0 Å². The van der Waals surface area contributed by atoms with Crippen LogP contribution in [0, 0.1) is 19.3 Å². The van der Waals surface area contributed by atoms with Crippen molar-refractivity contribution in [3.8, 4) is 0 Å². The van der Waals surface area contributed by atoms with E-state index in [-0.39, 0.29) is 0 Å². The molecule has 0 aliphatic carbocycles. The molecule has 0 bridgehead atoms. The third-order valence-corrected chi connectivity index (χ3v) is 4.74. The van der Waals surface area contributed by atoms with E-state index in [9.17, 15) is 0 Å². The second-order valence-electron chi connectivity index (χ2n) is 6.01. The molecule has 2 saturated heterocycles. The third kappa shape index (κ3) is 2.19. The van der Waals surface area contributed by atoms with E-state index >= 15 is 0 Å². The van der Waals surface area contributed by atoms with Gasteiger partial charge in [0.2, 0.25) is 0 Å². The molecule has 0 radical (unpaired) electrons. The van der Waals surface area contributed by atoms with Crippen LogP contribution in [0.4, 0.5) is 0 Å². The molecule has 18 heavy (non-hydrogen) atoms. The van der Waals surface area contributed by atoms with Gasteiger partial charge in [0.15, 0.2) is 0 Å². The number of aromatic nitrogens is 1. The zero-order valence-corrected chi connectivity index (χ0v) is 11.5. The summed E-state index contributed by atoms with van der Waals surface area (Å²) in [4.78, 5) is 2.58. The van der Waals surface area contributed by atoms with E-state index in [4.69, 9.17) is 4.52 Å². The number of nitrogens with one attached hydrogen (secondary N) is 1. The van der Waals surface area contributed by atoms with E-state index in [0.29, 0.717) is 5.41 Å². The van der Waals surface area contributed by atoms with Gasteiger partial charge in [0.25, 0.3) is 0 Å². The molecule has 0 saturated carbocycles. The standard InChI is InChI=1S/C14H23N3O/c1-11-13(12(2)18-16-11)9-17-8-5-14(10-17)3-6-15-7-4-14/h15H,3-10H2,1-2H3. The lowest BCUT2D eigenvalue weighted by atomic mass is 9.78. The summed E-state index contributed by atoms with van der Waals surface area (Å²) in [6, 6.07) is 0. The fourth-order valence-electron chi connectivity index (χ4n) is 3.48. The lowest BCUT2D eigenvalue weighted by Gasteiger charge is -2.33. The number of aryl methyl sites for hydroxylation is 2. The Bertz CT molecular complexity index is 401. The highest BCUT2D eigenvalue weighted by Gasteiger charge is 2.38. The lowest BCUT2D eigenvalue weighted by Crippen LogP contribution is -2.38. The summed E-state index contributed by atoms with van der Waals surface area (Å²) in [5.41, 5.74) is 2.93. The Kier molecular flexibility index (Phi) is 3.16. The first-order chi connectivity index (χ1) is 8.69. The van der Waals surface area contributed by atoms with E-state index in [1.165, 1.54) is 51.0 Å². The van der Waals surface area contributed by atoms with Gasteiger partial charge in [-0.2, -0.15) is 0 Å². The van der Waals surface area contributed by atoms with Gasteiger partial charge >= 0.3 is 0 Å². The highest BCUT2D eigenvalue weighted by molar-refractivity contribution is 5.20. The van der Waals surface area contributed by atoms with Crippen LogP contribution in [-0.4, -0.2) is 36.2 Å². The minimum Gasteiger partial charge on any atom is -0.361 e. The second kappa shape index (κ2) is 4.67. The van der Waals surface area contributed by atoms with Crippen LogP contribution in [0.5, 0.6) is 0 Å². The molecule has 1 aromatic heterocycles. The first kappa shape index (κ1) is 12.2. The molecule has 3 heterocycles. The molecular formula is C14H23N3O. The predicted molar refractivity (Wildman–Crippen MR) is 70.4 cm³/mol. The normalized spacial score (nSPS) is 23.9. The minimum absolute atomic E-state index is 0.588. The SMILES string of the molecule is Cc1noc(C)c1CN1CCC2(CCNCC2)C1. The molecule has 0 amide bonds. The number of likely N-dealkylation sites (tertiary alicyclic amines) is 1. The topological polar surface area (TPSA) is 41.3 Å². The summed E-state index contributed by atoms with van der Waals surface area (Å²) in [5, 5.41) is 7.52. The Labute approximate surface area is 109 Å². The summed E-state index contributed by atoms with van der Waals surface area (Å²) in [6.07, 6.45) is 4.04. The van der Waals surface area contributed by atoms with Gasteiger partial charge in [0, 0.05) is 18.7 Å². The van der Waals surface area contributed by atoms with Gasteiger partial charge in [-0.25, -0.2) is 0 Å². The maximum atomic E-state index is 5.26. The smallest absolute Gasteiger partial charge is 0.138 e. The van der Waals surface area contributed by atoms with Crippen LogP contribution in [0.15, 0.2) is 4.52 Å². The van der Waals surface area contributed by atoms with Crippen molar-refractivity contribution < 1.29 is 4.52 Å². The van der Waals surface area contributed by atoms with Gasteiger partial charge in [-0.3, -0.25) is 4.90 Å². The average Bonchev–Trinajstić information content (AvgIpc) is 2.89. The Morgan fingerprint density at radius 3 is 2.72 bits per heavy atom. The van der Waals surface area contributed by atoms with Crippen LogP contribution < -0.4 is 5.32 Å². The fraction of sp³-hybridized carbons (Fsp3) is 0.786. The molecule has 0 aromatic carbocycles. The Morgan fingerprint density at radius 1 is 1.28 bits per heavy atom. The Morgan fingerprint density at radius 2 is 2.06 bits per heavy atom. The van der Waals surface area contributed by atoms with Crippen LogP contribution in [0.25, 0.3) is 0 Å². The van der Waals surface area contributed by atoms with Crippen LogP contribution in [0.2, 0.25) is 0 Å². The van der Waals surface area contributed by atoms with Gasteiger partial charge in [0.05, 0.1) is 5.69 Å². The van der Waals surface area contributed by atoms with E-state index in [1.807, 2.05) is 13.8 Å². The molecule has 1 spiro atoms.